The summed E-state index contributed by atoms with van der Waals surface area (Å²) in [6, 6.07) is 3.06. The molecule has 0 radical (unpaired) electrons. The van der Waals surface area contributed by atoms with Gasteiger partial charge in [-0.1, -0.05) is 15.9 Å². The quantitative estimate of drug-likeness (QED) is 0.813. The third-order valence-corrected chi connectivity index (χ3v) is 3.21. The normalized spacial score (nSPS) is 21.4. The Balaban J connectivity index is 2.44. The van der Waals surface area contributed by atoms with E-state index in [0.29, 0.717) is 10.0 Å². The van der Waals surface area contributed by atoms with Gasteiger partial charge in [0.15, 0.2) is 11.6 Å². The molecule has 0 spiro atoms. The summed E-state index contributed by atoms with van der Waals surface area (Å²) in [5, 5.41) is 12.5. The van der Waals surface area contributed by atoms with Crippen molar-refractivity contribution in [3.05, 3.63) is 28.0 Å². The van der Waals surface area contributed by atoms with Crippen LogP contribution in [0, 0.1) is 5.82 Å². The second kappa shape index (κ2) is 3.87. The molecule has 0 saturated carbocycles. The molecule has 4 heteroatoms. The zero-order valence-corrected chi connectivity index (χ0v) is 9.14. The molecule has 2 nitrogen and oxygen atoms in total. The molecule has 0 aromatic heterocycles. The van der Waals surface area contributed by atoms with E-state index < -0.39 is 5.82 Å². The number of phenols is 1. The van der Waals surface area contributed by atoms with Crippen LogP contribution in [0.1, 0.15) is 24.4 Å². The van der Waals surface area contributed by atoms with Crippen LogP contribution in [0.25, 0.3) is 0 Å². The van der Waals surface area contributed by atoms with Gasteiger partial charge < -0.3 is 10.4 Å². The fraction of sp³-hybridized carbons (Fsp3) is 0.400. The number of benzene rings is 1. The lowest BCUT2D eigenvalue weighted by Crippen LogP contribution is -2.14. The smallest absolute Gasteiger partial charge is 0.170 e. The summed E-state index contributed by atoms with van der Waals surface area (Å²) in [6.07, 6.45) is 1.96. The topological polar surface area (TPSA) is 32.3 Å². The number of phenolic OH excluding ortho intramolecular Hbond substituents is 1. The summed E-state index contributed by atoms with van der Waals surface area (Å²) in [6.45, 7) is 0.909. The first-order valence-corrected chi connectivity index (χ1v) is 5.39. The molecule has 0 aliphatic carbocycles. The largest absolute Gasteiger partial charge is 0.505 e. The molecule has 1 saturated heterocycles. The molecule has 2 N–H and O–H groups in total. The van der Waals surface area contributed by atoms with Gasteiger partial charge in [-0.2, -0.15) is 0 Å². The van der Waals surface area contributed by atoms with Crippen molar-refractivity contribution in [3.8, 4) is 5.75 Å². The summed E-state index contributed by atoms with van der Waals surface area (Å²) in [4.78, 5) is 0. The van der Waals surface area contributed by atoms with Gasteiger partial charge in [-0.05, 0) is 31.5 Å². The molecule has 0 amide bonds. The highest BCUT2D eigenvalue weighted by Gasteiger charge is 2.23. The van der Waals surface area contributed by atoms with Crippen LogP contribution in [-0.2, 0) is 0 Å². The molecule has 2 rings (SSSR count). The first-order valence-electron chi connectivity index (χ1n) is 4.60. The van der Waals surface area contributed by atoms with Crippen LogP contribution in [-0.4, -0.2) is 11.7 Å². The highest BCUT2D eigenvalue weighted by molar-refractivity contribution is 9.10. The fourth-order valence-electron chi connectivity index (χ4n) is 1.81. The maximum absolute atomic E-state index is 13.6. The van der Waals surface area contributed by atoms with Gasteiger partial charge in [0.1, 0.15) is 0 Å². The standard InChI is InChI=1S/C10H11BrFNO/c11-6-3-4-8(14)10(12)9(6)7-2-1-5-13-7/h3-4,7,13-14H,1-2,5H2. The summed E-state index contributed by atoms with van der Waals surface area (Å²) in [5.41, 5.74) is 0.544. The minimum Gasteiger partial charge on any atom is -0.505 e. The van der Waals surface area contributed by atoms with Crippen LogP contribution in [0.3, 0.4) is 0 Å². The van der Waals surface area contributed by atoms with Crippen LogP contribution in [0.4, 0.5) is 4.39 Å². The van der Waals surface area contributed by atoms with Gasteiger partial charge in [0.2, 0.25) is 0 Å². The lowest BCUT2D eigenvalue weighted by molar-refractivity contribution is 0.422. The van der Waals surface area contributed by atoms with E-state index >= 15 is 0 Å². The van der Waals surface area contributed by atoms with Gasteiger partial charge in [-0.3, -0.25) is 0 Å². The molecule has 1 aliphatic rings. The predicted molar refractivity (Wildman–Crippen MR) is 55.7 cm³/mol. The molecule has 1 heterocycles. The molecule has 1 fully saturated rings. The Labute approximate surface area is 90.3 Å². The van der Waals surface area contributed by atoms with E-state index in [2.05, 4.69) is 21.2 Å². The van der Waals surface area contributed by atoms with Crippen molar-refractivity contribution in [3.63, 3.8) is 0 Å². The summed E-state index contributed by atoms with van der Waals surface area (Å²) in [7, 11) is 0. The van der Waals surface area contributed by atoms with Crippen LogP contribution in [0.5, 0.6) is 5.75 Å². The fourth-order valence-corrected chi connectivity index (χ4v) is 2.39. The van der Waals surface area contributed by atoms with Gasteiger partial charge in [-0.15, -0.1) is 0 Å². The average molecular weight is 260 g/mol. The maximum atomic E-state index is 13.6. The molecule has 1 unspecified atom stereocenters. The van der Waals surface area contributed by atoms with E-state index in [0.717, 1.165) is 19.4 Å². The lowest BCUT2D eigenvalue weighted by atomic mass is 10.0. The van der Waals surface area contributed by atoms with Crippen molar-refractivity contribution < 1.29 is 9.50 Å². The van der Waals surface area contributed by atoms with E-state index in [1.165, 1.54) is 6.07 Å². The number of rotatable bonds is 1. The predicted octanol–water partition coefficient (Wildman–Crippen LogP) is 2.72. The molecule has 76 valence electrons. The second-order valence-corrected chi connectivity index (χ2v) is 4.30. The third kappa shape index (κ3) is 1.64. The molecule has 14 heavy (non-hydrogen) atoms. The Hall–Kier alpha value is -0.610. The van der Waals surface area contributed by atoms with Gasteiger partial charge in [-0.25, -0.2) is 4.39 Å². The van der Waals surface area contributed by atoms with Gasteiger partial charge in [0, 0.05) is 16.1 Å². The highest BCUT2D eigenvalue weighted by atomic mass is 79.9. The van der Waals surface area contributed by atoms with Gasteiger partial charge >= 0.3 is 0 Å². The number of hydrogen-bond donors (Lipinski definition) is 2. The van der Waals surface area contributed by atoms with E-state index in [-0.39, 0.29) is 11.8 Å². The van der Waals surface area contributed by atoms with E-state index in [1.807, 2.05) is 0 Å². The number of aromatic hydroxyl groups is 1. The lowest BCUT2D eigenvalue weighted by Gasteiger charge is -2.14. The van der Waals surface area contributed by atoms with Crippen molar-refractivity contribution in [2.75, 3.05) is 6.54 Å². The van der Waals surface area contributed by atoms with Gasteiger partial charge in [0.05, 0.1) is 0 Å². The third-order valence-electron chi connectivity index (χ3n) is 2.51. The second-order valence-electron chi connectivity index (χ2n) is 3.44. The van der Waals surface area contributed by atoms with Crippen molar-refractivity contribution in [1.29, 1.82) is 0 Å². The Morgan fingerprint density at radius 2 is 2.29 bits per heavy atom. The first-order chi connectivity index (χ1) is 6.70. The Bertz CT molecular complexity index is 350. The SMILES string of the molecule is Oc1ccc(Br)c(C2CCCN2)c1F. The van der Waals surface area contributed by atoms with Crippen LogP contribution in [0.2, 0.25) is 0 Å². The maximum Gasteiger partial charge on any atom is 0.170 e. The average Bonchev–Trinajstić information content (AvgIpc) is 2.65. The highest BCUT2D eigenvalue weighted by Crippen LogP contribution is 2.35. The summed E-state index contributed by atoms with van der Waals surface area (Å²) in [5.74, 6) is -0.796. The first kappa shape index (κ1) is 9.93. The number of halogens is 2. The molecule has 1 aromatic carbocycles. The molecule has 1 atom stereocenters. The number of hydrogen-bond acceptors (Lipinski definition) is 2. The molecule has 0 bridgehead atoms. The minimum absolute atomic E-state index is 0.0245. The summed E-state index contributed by atoms with van der Waals surface area (Å²) < 4.78 is 14.3. The Morgan fingerprint density at radius 1 is 1.50 bits per heavy atom. The Kier molecular flexibility index (Phi) is 2.74. The van der Waals surface area contributed by atoms with Crippen LogP contribution in [0.15, 0.2) is 16.6 Å². The molecular weight excluding hydrogens is 249 g/mol. The van der Waals surface area contributed by atoms with Crippen molar-refractivity contribution in [2.45, 2.75) is 18.9 Å². The van der Waals surface area contributed by atoms with E-state index in [1.54, 1.807) is 6.07 Å². The van der Waals surface area contributed by atoms with Crippen molar-refractivity contribution in [2.24, 2.45) is 0 Å². The zero-order valence-electron chi connectivity index (χ0n) is 7.56. The molecule has 1 aromatic rings. The molecule has 1 aliphatic heterocycles. The molecular formula is C10H11BrFNO. The van der Waals surface area contributed by atoms with Gasteiger partial charge in [0.25, 0.3) is 0 Å². The van der Waals surface area contributed by atoms with Crippen LogP contribution < -0.4 is 5.32 Å². The van der Waals surface area contributed by atoms with E-state index in [9.17, 15) is 9.50 Å². The minimum atomic E-state index is -0.515. The van der Waals surface area contributed by atoms with E-state index in [4.69, 9.17) is 0 Å². The Morgan fingerprint density at radius 3 is 2.93 bits per heavy atom. The van der Waals surface area contributed by atoms with Crippen molar-refractivity contribution in [1.82, 2.24) is 5.32 Å². The summed E-state index contributed by atoms with van der Waals surface area (Å²) >= 11 is 3.30. The van der Waals surface area contributed by atoms with Crippen LogP contribution >= 0.6 is 15.9 Å². The monoisotopic (exact) mass is 259 g/mol. The zero-order chi connectivity index (χ0) is 10.1. The number of nitrogens with one attached hydrogen (secondary N) is 1. The van der Waals surface area contributed by atoms with Crippen molar-refractivity contribution >= 4 is 15.9 Å².